The van der Waals surface area contributed by atoms with Crippen molar-refractivity contribution in [2.75, 3.05) is 39.5 Å². The standard InChI is InChI=1S/C16H22N2O5S/c1-23-14-6-4-3-5-12(14)7-17-8-13-9-18(24(2,21)22)11-16(13,10-17)15(19)20/h3-6,13H,7-11H2,1-2H3,(H,19,20)/t13-,16-/m0/s1. The number of para-hydroxylation sites is 1. The number of aliphatic carboxylic acids is 1. The Hall–Kier alpha value is -1.64. The van der Waals surface area contributed by atoms with E-state index in [0.29, 0.717) is 19.6 Å². The number of carbonyl (C=O) groups is 1. The van der Waals surface area contributed by atoms with Crippen molar-refractivity contribution in [2.24, 2.45) is 11.3 Å². The van der Waals surface area contributed by atoms with Crippen LogP contribution in [0.2, 0.25) is 0 Å². The molecule has 132 valence electrons. The van der Waals surface area contributed by atoms with Crippen LogP contribution >= 0.6 is 0 Å². The number of hydrogen-bond donors (Lipinski definition) is 1. The first kappa shape index (κ1) is 17.2. The molecule has 8 heteroatoms. The number of sulfonamides is 1. The van der Waals surface area contributed by atoms with E-state index in [0.717, 1.165) is 17.6 Å². The maximum atomic E-state index is 11.9. The summed E-state index contributed by atoms with van der Waals surface area (Å²) in [6.07, 6.45) is 1.14. The summed E-state index contributed by atoms with van der Waals surface area (Å²) in [5, 5.41) is 9.77. The highest BCUT2D eigenvalue weighted by atomic mass is 32.2. The van der Waals surface area contributed by atoms with E-state index >= 15 is 0 Å². The summed E-state index contributed by atoms with van der Waals surface area (Å²) in [5.74, 6) is -0.336. The number of carboxylic acid groups (broad SMARTS) is 1. The van der Waals surface area contributed by atoms with Gasteiger partial charge in [-0.15, -0.1) is 0 Å². The second kappa shape index (κ2) is 6.02. The average molecular weight is 354 g/mol. The summed E-state index contributed by atoms with van der Waals surface area (Å²) in [4.78, 5) is 14.0. The van der Waals surface area contributed by atoms with Gasteiger partial charge in [-0.05, 0) is 6.07 Å². The molecule has 0 saturated carbocycles. The van der Waals surface area contributed by atoms with E-state index in [9.17, 15) is 18.3 Å². The van der Waals surface area contributed by atoms with E-state index in [4.69, 9.17) is 4.74 Å². The van der Waals surface area contributed by atoms with E-state index in [-0.39, 0.29) is 19.0 Å². The largest absolute Gasteiger partial charge is 0.496 e. The van der Waals surface area contributed by atoms with Crippen LogP contribution in [0.4, 0.5) is 0 Å². The van der Waals surface area contributed by atoms with E-state index in [2.05, 4.69) is 4.90 Å². The van der Waals surface area contributed by atoms with Crippen molar-refractivity contribution in [1.82, 2.24) is 9.21 Å². The molecular weight excluding hydrogens is 332 g/mol. The number of benzene rings is 1. The highest BCUT2D eigenvalue weighted by molar-refractivity contribution is 7.88. The lowest BCUT2D eigenvalue weighted by Gasteiger charge is -2.25. The Bertz CT molecular complexity index is 751. The van der Waals surface area contributed by atoms with E-state index in [1.807, 2.05) is 24.3 Å². The van der Waals surface area contributed by atoms with Gasteiger partial charge in [0.2, 0.25) is 10.0 Å². The number of nitrogens with zero attached hydrogens (tertiary/aromatic N) is 2. The summed E-state index contributed by atoms with van der Waals surface area (Å²) < 4.78 is 30.2. The summed E-state index contributed by atoms with van der Waals surface area (Å²) in [6.45, 7) is 1.82. The third-order valence-electron chi connectivity index (χ3n) is 5.13. The van der Waals surface area contributed by atoms with E-state index in [1.54, 1.807) is 7.11 Å². The fourth-order valence-electron chi connectivity index (χ4n) is 3.87. The third-order valence-corrected chi connectivity index (χ3v) is 6.35. The molecule has 2 atom stereocenters. The van der Waals surface area contributed by atoms with Gasteiger partial charge in [-0.2, -0.15) is 0 Å². The lowest BCUT2D eigenvalue weighted by atomic mass is 9.81. The van der Waals surface area contributed by atoms with Crippen LogP contribution in [0.5, 0.6) is 5.75 Å². The number of rotatable bonds is 5. The van der Waals surface area contributed by atoms with Crippen molar-refractivity contribution >= 4 is 16.0 Å². The van der Waals surface area contributed by atoms with Crippen LogP contribution < -0.4 is 4.74 Å². The Morgan fingerprint density at radius 3 is 2.62 bits per heavy atom. The van der Waals surface area contributed by atoms with Gasteiger partial charge in [-0.3, -0.25) is 9.69 Å². The van der Waals surface area contributed by atoms with Crippen LogP contribution in [0.25, 0.3) is 0 Å². The van der Waals surface area contributed by atoms with Gasteiger partial charge in [0.05, 0.1) is 18.8 Å². The number of likely N-dealkylation sites (tertiary alicyclic amines) is 1. The summed E-state index contributed by atoms with van der Waals surface area (Å²) in [7, 11) is -1.76. The monoisotopic (exact) mass is 354 g/mol. The van der Waals surface area contributed by atoms with Gasteiger partial charge >= 0.3 is 5.97 Å². The minimum Gasteiger partial charge on any atom is -0.496 e. The second-order valence-corrected chi connectivity index (χ2v) is 8.68. The predicted molar refractivity (Wildman–Crippen MR) is 88.2 cm³/mol. The maximum absolute atomic E-state index is 11.9. The first-order chi connectivity index (χ1) is 11.3. The number of ether oxygens (including phenoxy) is 1. The van der Waals surface area contributed by atoms with Gasteiger partial charge in [-0.1, -0.05) is 18.2 Å². The topological polar surface area (TPSA) is 87.2 Å². The first-order valence-electron chi connectivity index (χ1n) is 7.79. The normalized spacial score (nSPS) is 28.0. The van der Waals surface area contributed by atoms with Crippen molar-refractivity contribution in [1.29, 1.82) is 0 Å². The Morgan fingerprint density at radius 2 is 2.04 bits per heavy atom. The number of hydrogen-bond acceptors (Lipinski definition) is 5. The molecule has 0 bridgehead atoms. The molecule has 0 unspecified atom stereocenters. The predicted octanol–water partition coefficient (Wildman–Crippen LogP) is 0.473. The molecule has 1 aromatic carbocycles. The van der Waals surface area contributed by atoms with Crippen LogP contribution in [0, 0.1) is 11.3 Å². The van der Waals surface area contributed by atoms with Gasteiger partial charge in [0.15, 0.2) is 0 Å². The van der Waals surface area contributed by atoms with Crippen LogP contribution in [-0.2, 0) is 21.4 Å². The quantitative estimate of drug-likeness (QED) is 0.827. The van der Waals surface area contributed by atoms with Crippen molar-refractivity contribution < 1.29 is 23.1 Å². The lowest BCUT2D eigenvalue weighted by molar-refractivity contribution is -0.148. The van der Waals surface area contributed by atoms with Crippen molar-refractivity contribution in [3.05, 3.63) is 29.8 Å². The van der Waals surface area contributed by atoms with Crippen molar-refractivity contribution in [3.63, 3.8) is 0 Å². The number of carboxylic acids is 1. The molecule has 2 heterocycles. The van der Waals surface area contributed by atoms with Gasteiger partial charge in [0, 0.05) is 44.2 Å². The summed E-state index contributed by atoms with van der Waals surface area (Å²) in [5.41, 5.74) is -0.0223. The molecule has 3 rings (SSSR count). The minimum atomic E-state index is -3.37. The molecule has 24 heavy (non-hydrogen) atoms. The van der Waals surface area contributed by atoms with Gasteiger partial charge < -0.3 is 9.84 Å². The van der Waals surface area contributed by atoms with Gasteiger partial charge in [-0.25, -0.2) is 12.7 Å². The SMILES string of the molecule is COc1ccccc1CN1C[C@H]2CN(S(C)(=O)=O)C[C@@]2(C(=O)O)C1. The Kier molecular flexibility index (Phi) is 4.31. The molecule has 2 aliphatic rings. The van der Waals surface area contributed by atoms with Gasteiger partial charge in [0.25, 0.3) is 0 Å². The van der Waals surface area contributed by atoms with E-state index in [1.165, 1.54) is 4.31 Å². The molecule has 7 nitrogen and oxygen atoms in total. The second-order valence-electron chi connectivity index (χ2n) is 6.70. The summed E-state index contributed by atoms with van der Waals surface area (Å²) in [6, 6.07) is 7.66. The molecule has 0 amide bonds. The molecule has 0 spiro atoms. The molecule has 0 aliphatic carbocycles. The maximum Gasteiger partial charge on any atom is 0.312 e. The smallest absolute Gasteiger partial charge is 0.312 e. The minimum absolute atomic E-state index is 0.0499. The third kappa shape index (κ3) is 2.89. The average Bonchev–Trinajstić information content (AvgIpc) is 3.02. The Morgan fingerprint density at radius 1 is 1.33 bits per heavy atom. The number of fused-ring (bicyclic) bond motifs is 1. The molecule has 0 radical (unpaired) electrons. The molecule has 2 saturated heterocycles. The Labute approximate surface area is 141 Å². The van der Waals surface area contributed by atoms with Crippen LogP contribution in [-0.4, -0.2) is 68.2 Å². The van der Waals surface area contributed by atoms with Crippen molar-refractivity contribution in [2.45, 2.75) is 6.54 Å². The molecule has 0 aromatic heterocycles. The van der Waals surface area contributed by atoms with Gasteiger partial charge in [0.1, 0.15) is 5.75 Å². The fourth-order valence-corrected chi connectivity index (χ4v) is 4.79. The Balaban J connectivity index is 1.80. The molecular formula is C16H22N2O5S. The zero-order chi connectivity index (χ0) is 17.5. The molecule has 2 fully saturated rings. The lowest BCUT2D eigenvalue weighted by Crippen LogP contribution is -2.41. The molecule has 1 aromatic rings. The van der Waals surface area contributed by atoms with Crippen LogP contribution in [0.15, 0.2) is 24.3 Å². The first-order valence-corrected chi connectivity index (χ1v) is 9.64. The van der Waals surface area contributed by atoms with E-state index < -0.39 is 21.4 Å². The highest BCUT2D eigenvalue weighted by Gasteiger charge is 2.59. The molecule has 1 N–H and O–H groups in total. The molecule has 2 aliphatic heterocycles. The number of methoxy groups -OCH3 is 1. The van der Waals surface area contributed by atoms with Crippen molar-refractivity contribution in [3.8, 4) is 5.75 Å². The highest BCUT2D eigenvalue weighted by Crippen LogP contribution is 2.44. The zero-order valence-electron chi connectivity index (χ0n) is 13.8. The van der Waals surface area contributed by atoms with Crippen LogP contribution in [0.3, 0.4) is 0 Å². The zero-order valence-corrected chi connectivity index (χ0v) is 14.6. The summed E-state index contributed by atoms with van der Waals surface area (Å²) >= 11 is 0. The fraction of sp³-hybridized carbons (Fsp3) is 0.562. The van der Waals surface area contributed by atoms with Crippen LogP contribution in [0.1, 0.15) is 5.56 Å².